The zero-order valence-corrected chi connectivity index (χ0v) is 12.2. The van der Waals surface area contributed by atoms with Crippen molar-refractivity contribution >= 4 is 29.1 Å². The Bertz CT molecular complexity index is 462. The zero-order valence-electron chi connectivity index (χ0n) is 10.7. The number of morpholine rings is 1. The van der Waals surface area contributed by atoms with Crippen molar-refractivity contribution < 1.29 is 9.53 Å². The van der Waals surface area contributed by atoms with E-state index in [0.717, 1.165) is 12.1 Å². The van der Waals surface area contributed by atoms with Crippen LogP contribution in [0.2, 0.25) is 10.0 Å². The molecule has 1 atom stereocenters. The predicted octanol–water partition coefficient (Wildman–Crippen LogP) is 1.94. The Balaban J connectivity index is 1.99. The van der Waals surface area contributed by atoms with E-state index in [1.807, 2.05) is 6.07 Å². The van der Waals surface area contributed by atoms with Crippen LogP contribution in [-0.2, 0) is 16.1 Å². The molecule has 0 radical (unpaired) electrons. The molecule has 6 heteroatoms. The molecule has 1 fully saturated rings. The molecule has 0 aromatic heterocycles. The van der Waals surface area contributed by atoms with E-state index < -0.39 is 6.10 Å². The Hall–Kier alpha value is -0.810. The van der Waals surface area contributed by atoms with Gasteiger partial charge in [0.25, 0.3) is 5.91 Å². The van der Waals surface area contributed by atoms with E-state index in [9.17, 15) is 4.79 Å². The van der Waals surface area contributed by atoms with Gasteiger partial charge in [0.2, 0.25) is 0 Å². The molecule has 1 aliphatic rings. The van der Waals surface area contributed by atoms with E-state index in [0.29, 0.717) is 29.7 Å². The number of rotatable bonds is 3. The number of hydrogen-bond donors (Lipinski definition) is 1. The minimum Gasteiger partial charge on any atom is -0.366 e. The number of likely N-dealkylation sites (N-methyl/N-ethyl adjacent to an activating group) is 1. The summed E-state index contributed by atoms with van der Waals surface area (Å²) in [7, 11) is 1.74. The van der Waals surface area contributed by atoms with Gasteiger partial charge >= 0.3 is 0 Å². The molecular formula is C13H16Cl2N2O2. The van der Waals surface area contributed by atoms with Gasteiger partial charge in [-0.05, 0) is 17.7 Å². The maximum absolute atomic E-state index is 12.2. The van der Waals surface area contributed by atoms with Crippen LogP contribution in [-0.4, -0.2) is 43.7 Å². The molecule has 0 saturated carbocycles. The number of benzene rings is 1. The van der Waals surface area contributed by atoms with E-state index in [4.69, 9.17) is 27.9 Å². The van der Waals surface area contributed by atoms with Crippen LogP contribution in [0, 0.1) is 0 Å². The minimum absolute atomic E-state index is 0.0433. The first kappa shape index (κ1) is 14.6. The maximum Gasteiger partial charge on any atom is 0.253 e. The second-order valence-electron chi connectivity index (χ2n) is 4.49. The van der Waals surface area contributed by atoms with Crippen molar-refractivity contribution in [2.45, 2.75) is 12.6 Å². The lowest BCUT2D eigenvalue weighted by Crippen LogP contribution is -2.48. The molecule has 1 heterocycles. The second-order valence-corrected chi connectivity index (χ2v) is 5.34. The highest BCUT2D eigenvalue weighted by Gasteiger charge is 2.25. The second kappa shape index (κ2) is 6.57. The average Bonchev–Trinajstić information content (AvgIpc) is 2.42. The zero-order chi connectivity index (χ0) is 13.8. The Morgan fingerprint density at radius 1 is 1.53 bits per heavy atom. The fraction of sp³-hybridized carbons (Fsp3) is 0.462. The fourth-order valence-electron chi connectivity index (χ4n) is 1.95. The summed E-state index contributed by atoms with van der Waals surface area (Å²) in [6.45, 7) is 2.34. The quantitative estimate of drug-likeness (QED) is 0.928. The van der Waals surface area contributed by atoms with Crippen LogP contribution in [0.4, 0.5) is 0 Å². The van der Waals surface area contributed by atoms with E-state index in [1.165, 1.54) is 0 Å². The molecule has 1 aromatic carbocycles. The van der Waals surface area contributed by atoms with E-state index >= 15 is 0 Å². The predicted molar refractivity (Wildman–Crippen MR) is 75.5 cm³/mol. The first-order valence-corrected chi connectivity index (χ1v) is 6.85. The number of nitrogens with one attached hydrogen (secondary N) is 1. The van der Waals surface area contributed by atoms with Gasteiger partial charge in [-0.1, -0.05) is 29.3 Å². The molecule has 1 aliphatic heterocycles. The summed E-state index contributed by atoms with van der Waals surface area (Å²) in [6.07, 6.45) is -0.412. The van der Waals surface area contributed by atoms with Crippen molar-refractivity contribution in [3.63, 3.8) is 0 Å². The lowest BCUT2D eigenvalue weighted by atomic mass is 10.2. The fourth-order valence-corrected chi connectivity index (χ4v) is 2.42. The van der Waals surface area contributed by atoms with Gasteiger partial charge in [0.05, 0.1) is 6.61 Å². The maximum atomic E-state index is 12.2. The normalized spacial score (nSPS) is 19.2. The smallest absolute Gasteiger partial charge is 0.253 e. The first-order valence-electron chi connectivity index (χ1n) is 6.09. The summed E-state index contributed by atoms with van der Waals surface area (Å²) in [5, 5.41) is 4.29. The highest BCUT2D eigenvalue weighted by molar-refractivity contribution is 6.35. The lowest BCUT2D eigenvalue weighted by molar-refractivity contribution is -0.144. The largest absolute Gasteiger partial charge is 0.366 e. The van der Waals surface area contributed by atoms with Gasteiger partial charge in [-0.2, -0.15) is 0 Å². The third-order valence-corrected chi connectivity index (χ3v) is 3.59. The van der Waals surface area contributed by atoms with Gasteiger partial charge in [-0.25, -0.2) is 0 Å². The Kier molecular flexibility index (Phi) is 5.05. The van der Waals surface area contributed by atoms with Gasteiger partial charge in [-0.15, -0.1) is 0 Å². The van der Waals surface area contributed by atoms with Gasteiger partial charge < -0.3 is 15.0 Å². The molecule has 2 rings (SSSR count). The number of hydrogen-bond acceptors (Lipinski definition) is 3. The van der Waals surface area contributed by atoms with Crippen LogP contribution in [0.1, 0.15) is 5.56 Å². The van der Waals surface area contributed by atoms with E-state index in [1.54, 1.807) is 24.1 Å². The molecule has 1 saturated heterocycles. The number of carbonyl (C=O) groups is 1. The molecule has 104 valence electrons. The van der Waals surface area contributed by atoms with Crippen LogP contribution in [0.15, 0.2) is 18.2 Å². The molecule has 0 aliphatic carbocycles. The Morgan fingerprint density at radius 2 is 2.32 bits per heavy atom. The average molecular weight is 303 g/mol. The van der Waals surface area contributed by atoms with Crippen molar-refractivity contribution in [1.29, 1.82) is 0 Å². The van der Waals surface area contributed by atoms with Crippen LogP contribution in [0.25, 0.3) is 0 Å². The van der Waals surface area contributed by atoms with Crippen LogP contribution in [0.5, 0.6) is 0 Å². The van der Waals surface area contributed by atoms with Gasteiger partial charge in [0.15, 0.2) is 0 Å². The number of halogens is 2. The SMILES string of the molecule is CN(Cc1ccc(Cl)cc1Cl)C(=O)C1CNCCO1. The van der Waals surface area contributed by atoms with Gasteiger partial charge in [-0.3, -0.25) is 4.79 Å². The molecule has 19 heavy (non-hydrogen) atoms. The summed E-state index contributed by atoms with van der Waals surface area (Å²) < 4.78 is 5.44. The van der Waals surface area contributed by atoms with Crippen LogP contribution < -0.4 is 5.32 Å². The topological polar surface area (TPSA) is 41.6 Å². The summed E-state index contributed by atoms with van der Waals surface area (Å²) >= 11 is 11.9. The third-order valence-electron chi connectivity index (χ3n) is 3.00. The monoisotopic (exact) mass is 302 g/mol. The van der Waals surface area contributed by atoms with Crippen LogP contribution in [0.3, 0.4) is 0 Å². The van der Waals surface area contributed by atoms with E-state index in [2.05, 4.69) is 5.32 Å². The summed E-state index contributed by atoms with van der Waals surface area (Å²) in [5.41, 5.74) is 0.866. The van der Waals surface area contributed by atoms with Crippen molar-refractivity contribution in [1.82, 2.24) is 10.2 Å². The molecule has 0 spiro atoms. The van der Waals surface area contributed by atoms with Crippen molar-refractivity contribution in [2.75, 3.05) is 26.7 Å². The Labute approximate surface area is 122 Å². The summed E-state index contributed by atoms with van der Waals surface area (Å²) in [5.74, 6) is -0.0433. The number of carbonyl (C=O) groups excluding carboxylic acids is 1. The van der Waals surface area contributed by atoms with Crippen molar-refractivity contribution in [2.24, 2.45) is 0 Å². The number of amides is 1. The van der Waals surface area contributed by atoms with Crippen LogP contribution >= 0.6 is 23.2 Å². The molecule has 1 amide bonds. The number of ether oxygens (including phenoxy) is 1. The highest BCUT2D eigenvalue weighted by Crippen LogP contribution is 2.22. The molecule has 1 aromatic rings. The number of nitrogens with zero attached hydrogens (tertiary/aromatic N) is 1. The molecule has 4 nitrogen and oxygen atoms in total. The van der Waals surface area contributed by atoms with Crippen molar-refractivity contribution in [3.05, 3.63) is 33.8 Å². The summed E-state index contributed by atoms with van der Waals surface area (Å²) in [6, 6.07) is 5.27. The third kappa shape index (κ3) is 3.83. The molecule has 0 bridgehead atoms. The minimum atomic E-state index is -0.412. The first-order chi connectivity index (χ1) is 9.08. The van der Waals surface area contributed by atoms with Gasteiger partial charge in [0, 0.05) is 36.7 Å². The summed E-state index contributed by atoms with van der Waals surface area (Å²) in [4.78, 5) is 13.8. The Morgan fingerprint density at radius 3 is 2.95 bits per heavy atom. The van der Waals surface area contributed by atoms with Crippen molar-refractivity contribution in [3.8, 4) is 0 Å². The highest BCUT2D eigenvalue weighted by atomic mass is 35.5. The molecule has 1 unspecified atom stereocenters. The standard InChI is InChI=1S/C13H16Cl2N2O2/c1-17(13(18)12-7-16-4-5-19-12)8-9-2-3-10(14)6-11(9)15/h2-3,6,12,16H,4-5,7-8H2,1H3. The molecule has 1 N–H and O–H groups in total. The molecular weight excluding hydrogens is 287 g/mol. The van der Waals surface area contributed by atoms with E-state index in [-0.39, 0.29) is 5.91 Å². The van der Waals surface area contributed by atoms with Gasteiger partial charge in [0.1, 0.15) is 6.10 Å². The lowest BCUT2D eigenvalue weighted by Gasteiger charge is -2.27.